The van der Waals surface area contributed by atoms with Crippen LogP contribution in [0.25, 0.3) is 88.0 Å². The van der Waals surface area contributed by atoms with Crippen molar-refractivity contribution in [3.05, 3.63) is 169 Å². The van der Waals surface area contributed by atoms with E-state index in [-0.39, 0.29) is 22.4 Å². The van der Waals surface area contributed by atoms with Crippen molar-refractivity contribution in [2.24, 2.45) is 0 Å². The van der Waals surface area contributed by atoms with Gasteiger partial charge < -0.3 is 4.42 Å². The maximum absolute atomic E-state index is 9.55. The maximum atomic E-state index is 9.55. The number of para-hydroxylation sites is 1. The molecule has 0 radical (unpaired) electrons. The normalized spacial score (nSPS) is 18.7. The van der Waals surface area contributed by atoms with Gasteiger partial charge in [0.1, 0.15) is 11.2 Å². The van der Waals surface area contributed by atoms with E-state index < -0.39 is 199 Å². The van der Waals surface area contributed by atoms with Crippen LogP contribution in [0.15, 0.2) is 174 Å². The number of furan rings is 1. The first kappa shape index (κ1) is 11.5. The van der Waals surface area contributed by atoms with Gasteiger partial charge in [-0.05, 0) is 72.6 Å². The van der Waals surface area contributed by atoms with Gasteiger partial charge in [0.15, 0.2) is 0 Å². The van der Waals surface area contributed by atoms with Gasteiger partial charge in [-0.3, -0.25) is 0 Å². The first-order valence-corrected chi connectivity index (χ1v) is 13.6. The Balaban J connectivity index is 1.49. The number of hydrogen-bond donors (Lipinski definition) is 0. The van der Waals surface area contributed by atoms with E-state index in [1.54, 1.807) is 30.3 Å². The zero-order chi connectivity index (χ0) is 49.8. The molecule has 1 heterocycles. The second kappa shape index (κ2) is 10.4. The predicted octanol–water partition coefficient (Wildman–Crippen LogP) is 12.6. The molecule has 0 saturated carbocycles. The van der Waals surface area contributed by atoms with Gasteiger partial charge in [-0.15, -0.1) is 0 Å². The van der Waals surface area contributed by atoms with Crippen molar-refractivity contribution in [3.8, 4) is 44.5 Å². The van der Waals surface area contributed by atoms with Crippen LogP contribution in [0.4, 0.5) is 0 Å². The van der Waals surface area contributed by atoms with E-state index in [4.69, 9.17) is 23.6 Å². The summed E-state index contributed by atoms with van der Waals surface area (Å²) >= 11 is 0. The monoisotopic (exact) mass is 595 g/mol. The van der Waals surface area contributed by atoms with Gasteiger partial charge in [-0.2, -0.15) is 0 Å². The predicted molar refractivity (Wildman–Crippen MR) is 190 cm³/mol. The molecule has 0 amide bonds. The molecule has 0 aliphatic rings. The first-order valence-electron chi connectivity index (χ1n) is 25.1. The molecule has 9 aromatic rings. The number of benzene rings is 8. The van der Waals surface area contributed by atoms with Gasteiger partial charge in [-0.25, -0.2) is 0 Å². The fourth-order valence-electron chi connectivity index (χ4n) is 5.41. The highest BCUT2D eigenvalue weighted by Crippen LogP contribution is 2.44. The van der Waals surface area contributed by atoms with Crippen molar-refractivity contribution in [2.75, 3.05) is 0 Å². The molecule has 0 bridgehead atoms. The Morgan fingerprint density at radius 2 is 0.911 bits per heavy atom. The Labute approximate surface area is 293 Å². The maximum Gasteiger partial charge on any atom is 0.143 e. The fraction of sp³-hybridized carbons (Fsp3) is 0. The third kappa shape index (κ3) is 4.17. The number of rotatable bonds is 4. The lowest BCUT2D eigenvalue weighted by Crippen LogP contribution is -1.90. The van der Waals surface area contributed by atoms with E-state index >= 15 is 0 Å². The van der Waals surface area contributed by atoms with Gasteiger partial charge in [0, 0.05) is 16.3 Å². The summed E-state index contributed by atoms with van der Waals surface area (Å²) in [5, 5.41) is -3.13. The minimum atomic E-state index is -1.01. The lowest BCUT2D eigenvalue weighted by Gasteiger charge is -2.18. The second-order valence-electron chi connectivity index (χ2n) is 9.88. The summed E-state index contributed by atoms with van der Waals surface area (Å²) in [6.45, 7) is 0. The fourth-order valence-corrected chi connectivity index (χ4v) is 5.41. The summed E-state index contributed by atoms with van der Waals surface area (Å²) in [7, 11) is 0. The van der Waals surface area contributed by atoms with Crippen LogP contribution in [0.5, 0.6) is 0 Å². The molecule has 0 aliphatic heterocycles. The average Bonchev–Trinajstić information content (AvgIpc) is 3.73. The SMILES string of the molecule is [2H]c1c([2H])c([2H])c(-c2c3c([2H])c([2H])c([2H])c([2H])c3c(-c3c([2H])c([2H])c(-c4c([2H])c([2H])c([2H])c5c4oc4c([2H])c([2H])c(-c6ccccc6)c([2H])c45)c([2H])c3[2H])c3c([2H])c([2H])c([2H])c([2H])c23)c([2H])c1[2H]. The molecule has 9 rings (SSSR count). The summed E-state index contributed by atoms with van der Waals surface area (Å²) in [5.74, 6) is 0. The van der Waals surface area contributed by atoms with Crippen LogP contribution in [0.3, 0.4) is 0 Å². The van der Waals surface area contributed by atoms with E-state index in [9.17, 15) is 12.3 Å². The molecule has 0 aliphatic carbocycles. The molecule has 0 saturated heterocycles. The molecular weight excluding hydrogens is 544 g/mol. The molecule has 0 spiro atoms. The van der Waals surface area contributed by atoms with Crippen molar-refractivity contribution in [1.29, 1.82) is 0 Å². The van der Waals surface area contributed by atoms with Gasteiger partial charge >= 0.3 is 0 Å². The first-order chi connectivity index (χ1) is 31.9. The minimum absolute atomic E-state index is 0.0187. The van der Waals surface area contributed by atoms with Crippen LogP contribution < -0.4 is 0 Å². The summed E-state index contributed by atoms with van der Waals surface area (Å²) in [6.07, 6.45) is 0. The molecule has 0 N–H and O–H groups in total. The van der Waals surface area contributed by atoms with Gasteiger partial charge in [0.05, 0.1) is 31.5 Å². The average molecular weight is 596 g/mol. The van der Waals surface area contributed by atoms with Crippen molar-refractivity contribution in [1.82, 2.24) is 0 Å². The molecule has 210 valence electrons. The highest BCUT2D eigenvalue weighted by atomic mass is 16.3. The summed E-state index contributed by atoms with van der Waals surface area (Å²) in [5.41, 5.74) is -4.62. The topological polar surface area (TPSA) is 13.1 Å². The zero-order valence-corrected chi connectivity index (χ0v) is 22.8. The third-order valence-electron chi connectivity index (χ3n) is 7.37. The lowest BCUT2D eigenvalue weighted by molar-refractivity contribution is 0.670. The molecule has 45 heavy (non-hydrogen) atoms. The Morgan fingerprint density at radius 1 is 0.378 bits per heavy atom. The van der Waals surface area contributed by atoms with Crippen LogP contribution in [0, 0.1) is 0 Å². The molecular formula is C44H28O. The van der Waals surface area contributed by atoms with Crippen molar-refractivity contribution in [2.45, 2.75) is 0 Å². The standard InChI is InChI=1S/C44H28O/c1-3-12-29(13-4-1)33-26-27-41-40(28-33)39-21-11-20-34(44(39)45-41)30-22-24-32(25-23-30)43-37-18-9-7-16-35(37)42(31-14-5-2-6-15-31)36-17-8-10-19-38(36)43/h1-28H/i2D,5D,6D,7D,8D,9D,10D,11D,14D,15D,16D,17D,18D,19D,20D,21D,22D,23D,24D,25D,26D,27D,28D. The van der Waals surface area contributed by atoms with Crippen LogP contribution in [-0.2, 0) is 0 Å². The van der Waals surface area contributed by atoms with Crippen LogP contribution >= 0.6 is 0 Å². The lowest BCUT2D eigenvalue weighted by atomic mass is 9.85. The highest BCUT2D eigenvalue weighted by molar-refractivity contribution is 6.21. The van der Waals surface area contributed by atoms with Crippen LogP contribution in [0.1, 0.15) is 31.5 Å². The highest BCUT2D eigenvalue weighted by Gasteiger charge is 2.17. The van der Waals surface area contributed by atoms with Gasteiger partial charge in [0.2, 0.25) is 0 Å². The number of hydrogen-bond acceptors (Lipinski definition) is 1. The largest absolute Gasteiger partial charge is 0.455 e. The van der Waals surface area contributed by atoms with Crippen molar-refractivity contribution < 1.29 is 35.9 Å². The van der Waals surface area contributed by atoms with E-state index in [1.807, 2.05) is 0 Å². The molecule has 0 atom stereocenters. The molecule has 0 fully saturated rings. The smallest absolute Gasteiger partial charge is 0.143 e. The number of fused-ring (bicyclic) bond motifs is 5. The molecule has 0 unspecified atom stereocenters. The van der Waals surface area contributed by atoms with Crippen LogP contribution in [-0.4, -0.2) is 0 Å². The summed E-state index contributed by atoms with van der Waals surface area (Å²) < 4.78 is 212. The van der Waals surface area contributed by atoms with E-state index in [1.165, 1.54) is 0 Å². The third-order valence-corrected chi connectivity index (χ3v) is 7.37. The Bertz CT molecular complexity index is 3680. The molecule has 8 aromatic carbocycles. The van der Waals surface area contributed by atoms with Crippen molar-refractivity contribution in [3.63, 3.8) is 0 Å². The van der Waals surface area contributed by atoms with E-state index in [0.29, 0.717) is 5.56 Å². The van der Waals surface area contributed by atoms with E-state index in [2.05, 4.69) is 0 Å². The zero-order valence-electron chi connectivity index (χ0n) is 45.8. The van der Waals surface area contributed by atoms with E-state index in [0.717, 1.165) is 0 Å². The summed E-state index contributed by atoms with van der Waals surface area (Å²) in [6, 6.07) is -11.2. The Kier molecular flexibility index (Phi) is 2.66. The molecule has 1 aromatic heterocycles. The van der Waals surface area contributed by atoms with Gasteiger partial charge in [0.25, 0.3) is 0 Å². The van der Waals surface area contributed by atoms with Crippen molar-refractivity contribution >= 4 is 43.5 Å². The Hall–Kier alpha value is -5.92. The quantitative estimate of drug-likeness (QED) is 0.184. The summed E-state index contributed by atoms with van der Waals surface area (Å²) in [4.78, 5) is 0. The second-order valence-corrected chi connectivity index (χ2v) is 9.88. The van der Waals surface area contributed by atoms with Gasteiger partial charge in [-0.1, -0.05) is 157 Å². The minimum Gasteiger partial charge on any atom is -0.455 e. The molecule has 1 heteroatoms. The Morgan fingerprint density at radius 3 is 1.56 bits per heavy atom. The molecule has 1 nitrogen and oxygen atoms in total. The van der Waals surface area contributed by atoms with Crippen LogP contribution in [0.2, 0.25) is 0 Å².